The van der Waals surface area contributed by atoms with Crippen molar-refractivity contribution in [2.75, 3.05) is 5.32 Å². The van der Waals surface area contributed by atoms with Crippen LogP contribution in [-0.4, -0.2) is 9.78 Å². The largest absolute Gasteiger partial charge is 0.365 e. The van der Waals surface area contributed by atoms with Crippen LogP contribution in [0.2, 0.25) is 0 Å². The van der Waals surface area contributed by atoms with Crippen LogP contribution in [0.5, 0.6) is 0 Å². The van der Waals surface area contributed by atoms with E-state index in [9.17, 15) is 0 Å². The van der Waals surface area contributed by atoms with Crippen molar-refractivity contribution in [2.24, 2.45) is 7.05 Å². The zero-order chi connectivity index (χ0) is 12.5. The van der Waals surface area contributed by atoms with Crippen LogP contribution >= 0.6 is 0 Å². The number of nitrogens with zero attached hydrogens (tertiary/aromatic N) is 2. The van der Waals surface area contributed by atoms with Gasteiger partial charge in [0.05, 0.1) is 0 Å². The van der Waals surface area contributed by atoms with E-state index in [1.807, 2.05) is 11.7 Å². The van der Waals surface area contributed by atoms with Crippen LogP contribution in [0, 0.1) is 6.92 Å². The van der Waals surface area contributed by atoms with Crippen molar-refractivity contribution in [3.8, 4) is 0 Å². The molecule has 4 heteroatoms. The molecule has 0 saturated carbocycles. The van der Waals surface area contributed by atoms with Gasteiger partial charge in [-0.3, -0.25) is 4.68 Å². The molecule has 2 aromatic rings. The van der Waals surface area contributed by atoms with Crippen LogP contribution in [0.25, 0.3) is 0 Å². The quantitative estimate of drug-likeness (QED) is 0.864. The van der Waals surface area contributed by atoms with Gasteiger partial charge in [-0.25, -0.2) is 0 Å². The molecule has 1 aromatic carbocycles. The van der Waals surface area contributed by atoms with Gasteiger partial charge in [-0.05, 0) is 23.6 Å². The maximum atomic E-state index is 4.39. The van der Waals surface area contributed by atoms with Crippen molar-refractivity contribution in [2.45, 2.75) is 26.6 Å². The first-order valence-corrected chi connectivity index (χ1v) is 6.28. The van der Waals surface area contributed by atoms with Gasteiger partial charge in [0.15, 0.2) is 0 Å². The van der Waals surface area contributed by atoms with Gasteiger partial charge in [0.2, 0.25) is 0 Å². The number of fused-ring (bicyclic) bond motifs is 1. The highest BCUT2D eigenvalue weighted by atomic mass is 15.3. The molecule has 3 rings (SSSR count). The summed E-state index contributed by atoms with van der Waals surface area (Å²) in [6, 6.07) is 8.75. The molecule has 0 amide bonds. The number of hydrogen-bond acceptors (Lipinski definition) is 3. The molecule has 1 aromatic heterocycles. The summed E-state index contributed by atoms with van der Waals surface area (Å²) in [6.45, 7) is 4.87. The Bertz CT molecular complexity index is 552. The van der Waals surface area contributed by atoms with Crippen molar-refractivity contribution < 1.29 is 0 Å². The van der Waals surface area contributed by atoms with E-state index in [2.05, 4.69) is 46.9 Å². The van der Waals surface area contributed by atoms with Gasteiger partial charge in [-0.1, -0.05) is 18.2 Å². The van der Waals surface area contributed by atoms with Gasteiger partial charge in [-0.2, -0.15) is 5.10 Å². The standard InChI is InChI=1S/C14H18N4/c1-10-5-14(17-18(10)2)16-7-11-3-4-12-8-15-9-13(12)6-11/h3-6,15H,7-9H2,1-2H3,(H,16,17). The lowest BCUT2D eigenvalue weighted by molar-refractivity contribution is 0.741. The van der Waals surface area contributed by atoms with Crippen molar-refractivity contribution in [1.82, 2.24) is 15.1 Å². The summed E-state index contributed by atoms with van der Waals surface area (Å²) >= 11 is 0. The van der Waals surface area contributed by atoms with Gasteiger partial charge >= 0.3 is 0 Å². The van der Waals surface area contributed by atoms with E-state index in [0.717, 1.165) is 31.1 Å². The summed E-state index contributed by atoms with van der Waals surface area (Å²) in [5.74, 6) is 0.939. The third kappa shape index (κ3) is 2.11. The second kappa shape index (κ2) is 4.46. The minimum atomic E-state index is 0.823. The molecule has 0 saturated heterocycles. The van der Waals surface area contributed by atoms with Crippen molar-refractivity contribution in [3.05, 3.63) is 46.6 Å². The summed E-state index contributed by atoms with van der Waals surface area (Å²) in [5.41, 5.74) is 5.32. The smallest absolute Gasteiger partial charge is 0.148 e. The lowest BCUT2D eigenvalue weighted by atomic mass is 10.1. The molecular formula is C14H18N4. The average Bonchev–Trinajstić information content (AvgIpc) is 2.94. The number of nitrogens with one attached hydrogen (secondary N) is 2. The van der Waals surface area contributed by atoms with E-state index in [-0.39, 0.29) is 0 Å². The zero-order valence-corrected chi connectivity index (χ0v) is 10.8. The number of benzene rings is 1. The van der Waals surface area contributed by atoms with Crippen LogP contribution < -0.4 is 10.6 Å². The molecule has 94 valence electrons. The highest BCUT2D eigenvalue weighted by molar-refractivity contribution is 5.39. The van der Waals surface area contributed by atoms with E-state index in [0.29, 0.717) is 0 Å². The molecule has 1 aliphatic heterocycles. The van der Waals surface area contributed by atoms with E-state index < -0.39 is 0 Å². The fraction of sp³-hybridized carbons (Fsp3) is 0.357. The van der Waals surface area contributed by atoms with E-state index >= 15 is 0 Å². The van der Waals surface area contributed by atoms with Crippen LogP contribution in [0.3, 0.4) is 0 Å². The molecule has 0 fully saturated rings. The number of hydrogen-bond donors (Lipinski definition) is 2. The van der Waals surface area contributed by atoms with E-state index in [4.69, 9.17) is 0 Å². The van der Waals surface area contributed by atoms with Gasteiger partial charge in [0, 0.05) is 38.4 Å². The minimum absolute atomic E-state index is 0.823. The topological polar surface area (TPSA) is 41.9 Å². The number of anilines is 1. The highest BCUT2D eigenvalue weighted by Crippen LogP contribution is 2.18. The summed E-state index contributed by atoms with van der Waals surface area (Å²) < 4.78 is 1.88. The molecule has 1 aliphatic rings. The molecule has 0 bridgehead atoms. The molecule has 4 nitrogen and oxygen atoms in total. The SMILES string of the molecule is Cc1cc(NCc2ccc3c(c2)CNC3)nn1C. The van der Waals surface area contributed by atoms with Gasteiger partial charge < -0.3 is 10.6 Å². The number of aromatic nitrogens is 2. The van der Waals surface area contributed by atoms with Gasteiger partial charge in [0.1, 0.15) is 5.82 Å². The molecule has 2 N–H and O–H groups in total. The van der Waals surface area contributed by atoms with E-state index in [1.165, 1.54) is 16.7 Å². The zero-order valence-electron chi connectivity index (χ0n) is 10.8. The second-order valence-electron chi connectivity index (χ2n) is 4.85. The molecule has 0 aliphatic carbocycles. The lowest BCUT2D eigenvalue weighted by Crippen LogP contribution is -2.02. The fourth-order valence-corrected chi connectivity index (χ4v) is 2.30. The molecule has 2 heterocycles. The molecule has 0 spiro atoms. The van der Waals surface area contributed by atoms with Crippen molar-refractivity contribution in [3.63, 3.8) is 0 Å². The average molecular weight is 242 g/mol. The molecular weight excluding hydrogens is 224 g/mol. The number of rotatable bonds is 3. The first kappa shape index (κ1) is 11.3. The molecule has 18 heavy (non-hydrogen) atoms. The summed E-state index contributed by atoms with van der Waals surface area (Å²) in [7, 11) is 1.96. The molecule has 0 unspecified atom stereocenters. The second-order valence-corrected chi connectivity index (χ2v) is 4.85. The Hall–Kier alpha value is -1.81. The van der Waals surface area contributed by atoms with Gasteiger partial charge in [0.25, 0.3) is 0 Å². The maximum Gasteiger partial charge on any atom is 0.148 e. The predicted molar refractivity (Wildman–Crippen MR) is 72.3 cm³/mol. The Kier molecular flexibility index (Phi) is 2.80. The number of aryl methyl sites for hydroxylation is 2. The predicted octanol–water partition coefficient (Wildman–Crippen LogP) is 1.94. The Morgan fingerprint density at radius 1 is 1.28 bits per heavy atom. The highest BCUT2D eigenvalue weighted by Gasteiger charge is 2.10. The third-order valence-corrected chi connectivity index (χ3v) is 3.49. The molecule has 0 radical (unpaired) electrons. The first-order chi connectivity index (χ1) is 8.72. The maximum absolute atomic E-state index is 4.39. The molecule has 0 atom stereocenters. The normalized spacial score (nSPS) is 13.7. The van der Waals surface area contributed by atoms with Crippen LogP contribution in [-0.2, 0) is 26.7 Å². The Balaban J connectivity index is 1.70. The van der Waals surface area contributed by atoms with Crippen molar-refractivity contribution in [1.29, 1.82) is 0 Å². The monoisotopic (exact) mass is 242 g/mol. The summed E-state index contributed by atoms with van der Waals surface area (Å²) in [6.07, 6.45) is 0. The lowest BCUT2D eigenvalue weighted by Gasteiger charge is -2.05. The van der Waals surface area contributed by atoms with Crippen LogP contribution in [0.4, 0.5) is 5.82 Å². The third-order valence-electron chi connectivity index (χ3n) is 3.49. The minimum Gasteiger partial charge on any atom is -0.365 e. The van der Waals surface area contributed by atoms with Crippen LogP contribution in [0.1, 0.15) is 22.4 Å². The van der Waals surface area contributed by atoms with Crippen LogP contribution in [0.15, 0.2) is 24.3 Å². The fourth-order valence-electron chi connectivity index (χ4n) is 2.30. The summed E-state index contributed by atoms with van der Waals surface area (Å²) in [5, 5.41) is 11.1. The van der Waals surface area contributed by atoms with Gasteiger partial charge in [-0.15, -0.1) is 0 Å². The summed E-state index contributed by atoms with van der Waals surface area (Å²) in [4.78, 5) is 0. The Labute approximate surface area is 107 Å². The first-order valence-electron chi connectivity index (χ1n) is 6.28. The Morgan fingerprint density at radius 3 is 2.89 bits per heavy atom. The van der Waals surface area contributed by atoms with E-state index in [1.54, 1.807) is 0 Å². The van der Waals surface area contributed by atoms with Crippen molar-refractivity contribution >= 4 is 5.82 Å². The Morgan fingerprint density at radius 2 is 2.11 bits per heavy atom.